The van der Waals surface area contributed by atoms with Crippen LogP contribution in [0.4, 0.5) is 4.39 Å². The Morgan fingerprint density at radius 3 is 2.91 bits per heavy atom. The number of hydrogen-bond acceptors (Lipinski definition) is 2. The molecule has 1 aromatic heterocycles. The molecule has 0 aliphatic heterocycles. The molecule has 124 valence electrons. The van der Waals surface area contributed by atoms with Gasteiger partial charge in [0.15, 0.2) is 0 Å². The van der Waals surface area contributed by atoms with Gasteiger partial charge in [-0.1, -0.05) is 13.8 Å². The van der Waals surface area contributed by atoms with Gasteiger partial charge >= 0.3 is 5.97 Å². The lowest BCUT2D eigenvalue weighted by molar-refractivity contribution is -0.140. The Balaban J connectivity index is 2.19. The van der Waals surface area contributed by atoms with Crippen molar-refractivity contribution in [3.8, 4) is 0 Å². The maximum absolute atomic E-state index is 13.8. The number of fused-ring (bicyclic) bond motifs is 3. The molecule has 23 heavy (non-hydrogen) atoms. The highest BCUT2D eigenvalue weighted by atomic mass is 19.1. The number of carboxylic acid groups (broad SMARTS) is 1. The van der Waals surface area contributed by atoms with Gasteiger partial charge in [0.25, 0.3) is 0 Å². The van der Waals surface area contributed by atoms with Crippen molar-refractivity contribution in [2.75, 3.05) is 6.54 Å². The molecule has 2 atom stereocenters. The second kappa shape index (κ2) is 6.32. The fourth-order valence-corrected chi connectivity index (χ4v) is 3.85. The number of likely N-dealkylation sites (N-methyl/N-ethyl adjacent to an activating group) is 1. The molecular weight excluding hydrogens is 295 g/mol. The molecule has 0 bridgehead atoms. The fraction of sp³-hybridized carbons (Fsp3) is 0.500. The van der Waals surface area contributed by atoms with Crippen LogP contribution in [-0.4, -0.2) is 28.2 Å². The van der Waals surface area contributed by atoms with E-state index in [2.05, 4.69) is 12.2 Å². The molecule has 1 unspecified atom stereocenters. The van der Waals surface area contributed by atoms with E-state index in [4.69, 9.17) is 0 Å². The molecule has 1 aliphatic carbocycles. The predicted molar refractivity (Wildman–Crippen MR) is 88.3 cm³/mol. The van der Waals surface area contributed by atoms with E-state index >= 15 is 0 Å². The van der Waals surface area contributed by atoms with Crippen molar-refractivity contribution in [1.82, 2.24) is 9.88 Å². The third-order valence-corrected chi connectivity index (χ3v) is 4.84. The number of aromatic nitrogens is 1. The number of carboxylic acids is 1. The van der Waals surface area contributed by atoms with Gasteiger partial charge in [0.05, 0.1) is 0 Å². The lowest BCUT2D eigenvalue weighted by atomic mass is 9.91. The average molecular weight is 318 g/mol. The van der Waals surface area contributed by atoms with Gasteiger partial charge < -0.3 is 15.0 Å². The Morgan fingerprint density at radius 1 is 1.48 bits per heavy atom. The molecular formula is C18H23FN2O2. The van der Waals surface area contributed by atoms with Crippen LogP contribution in [0.2, 0.25) is 0 Å². The zero-order chi connectivity index (χ0) is 16.6. The van der Waals surface area contributed by atoms with Crippen LogP contribution < -0.4 is 5.32 Å². The molecule has 1 aromatic carbocycles. The van der Waals surface area contributed by atoms with Crippen molar-refractivity contribution in [1.29, 1.82) is 0 Å². The minimum Gasteiger partial charge on any atom is -0.480 e. The third kappa shape index (κ3) is 2.74. The number of rotatable bonds is 5. The largest absolute Gasteiger partial charge is 0.480 e. The summed E-state index contributed by atoms with van der Waals surface area (Å²) in [6.45, 7) is 4.86. The van der Waals surface area contributed by atoms with Crippen molar-refractivity contribution in [2.45, 2.75) is 51.6 Å². The first-order chi connectivity index (χ1) is 11.1. The Morgan fingerprint density at radius 2 is 2.26 bits per heavy atom. The van der Waals surface area contributed by atoms with E-state index in [0.717, 1.165) is 48.0 Å². The van der Waals surface area contributed by atoms with Crippen LogP contribution in [0.25, 0.3) is 10.9 Å². The van der Waals surface area contributed by atoms with Crippen molar-refractivity contribution in [2.24, 2.45) is 0 Å². The molecule has 0 radical (unpaired) electrons. The van der Waals surface area contributed by atoms with Crippen LogP contribution in [0, 0.1) is 5.82 Å². The van der Waals surface area contributed by atoms with Gasteiger partial charge in [0, 0.05) is 22.6 Å². The highest BCUT2D eigenvalue weighted by molar-refractivity contribution is 5.88. The maximum atomic E-state index is 13.8. The molecule has 2 N–H and O–H groups in total. The van der Waals surface area contributed by atoms with Gasteiger partial charge in [-0.05, 0) is 56.0 Å². The molecule has 0 amide bonds. The SMILES string of the molecule is CCN[C@H]1CCc2c(c3cc(F)ccc3n2C(CC)C(=O)O)C1. The molecule has 3 rings (SSSR count). The lowest BCUT2D eigenvalue weighted by Crippen LogP contribution is -2.35. The van der Waals surface area contributed by atoms with Crippen LogP contribution in [0.5, 0.6) is 0 Å². The molecule has 4 nitrogen and oxygen atoms in total. The van der Waals surface area contributed by atoms with Crippen LogP contribution in [0.15, 0.2) is 18.2 Å². The van der Waals surface area contributed by atoms with Crippen LogP contribution in [0.3, 0.4) is 0 Å². The molecule has 0 fully saturated rings. The number of aliphatic carboxylic acids is 1. The second-order valence-corrected chi connectivity index (χ2v) is 6.22. The highest BCUT2D eigenvalue weighted by Crippen LogP contribution is 2.36. The average Bonchev–Trinajstić information content (AvgIpc) is 2.82. The van der Waals surface area contributed by atoms with Gasteiger partial charge in [0.1, 0.15) is 11.9 Å². The number of benzene rings is 1. The van der Waals surface area contributed by atoms with E-state index in [0.29, 0.717) is 12.5 Å². The van der Waals surface area contributed by atoms with Gasteiger partial charge in [0.2, 0.25) is 0 Å². The van der Waals surface area contributed by atoms with Crippen molar-refractivity contribution < 1.29 is 14.3 Å². The summed E-state index contributed by atoms with van der Waals surface area (Å²) >= 11 is 0. The van der Waals surface area contributed by atoms with E-state index in [1.54, 1.807) is 12.1 Å². The third-order valence-electron chi connectivity index (χ3n) is 4.84. The molecule has 2 aromatic rings. The normalized spacial score (nSPS) is 18.8. The molecule has 1 heterocycles. The number of nitrogens with one attached hydrogen (secondary N) is 1. The zero-order valence-corrected chi connectivity index (χ0v) is 13.6. The van der Waals surface area contributed by atoms with Crippen molar-refractivity contribution in [3.63, 3.8) is 0 Å². The first kappa shape index (κ1) is 16.0. The summed E-state index contributed by atoms with van der Waals surface area (Å²) in [5.41, 5.74) is 3.01. The van der Waals surface area contributed by atoms with Crippen LogP contribution >= 0.6 is 0 Å². The van der Waals surface area contributed by atoms with Crippen LogP contribution in [0.1, 0.15) is 44.0 Å². The summed E-state index contributed by atoms with van der Waals surface area (Å²) in [6, 6.07) is 4.47. The van der Waals surface area contributed by atoms with Crippen LogP contribution in [-0.2, 0) is 17.6 Å². The topological polar surface area (TPSA) is 54.3 Å². The van der Waals surface area contributed by atoms with Crippen molar-refractivity contribution >= 4 is 16.9 Å². The van der Waals surface area contributed by atoms with Gasteiger partial charge in [-0.15, -0.1) is 0 Å². The second-order valence-electron chi connectivity index (χ2n) is 6.22. The van der Waals surface area contributed by atoms with Gasteiger partial charge in [-0.3, -0.25) is 0 Å². The van der Waals surface area contributed by atoms with Crippen molar-refractivity contribution in [3.05, 3.63) is 35.3 Å². The first-order valence-electron chi connectivity index (χ1n) is 8.34. The minimum absolute atomic E-state index is 0.272. The summed E-state index contributed by atoms with van der Waals surface area (Å²) in [7, 11) is 0. The number of hydrogen-bond donors (Lipinski definition) is 2. The lowest BCUT2D eigenvalue weighted by Gasteiger charge is -2.26. The highest BCUT2D eigenvalue weighted by Gasteiger charge is 2.30. The maximum Gasteiger partial charge on any atom is 0.326 e. The molecule has 0 saturated heterocycles. The molecule has 0 spiro atoms. The number of carbonyl (C=O) groups is 1. The van der Waals surface area contributed by atoms with E-state index < -0.39 is 12.0 Å². The molecule has 5 heteroatoms. The minimum atomic E-state index is -0.828. The first-order valence-corrected chi connectivity index (χ1v) is 8.34. The fourth-order valence-electron chi connectivity index (χ4n) is 3.85. The van der Waals surface area contributed by atoms with Gasteiger partial charge in [-0.25, -0.2) is 9.18 Å². The molecule has 1 aliphatic rings. The summed E-state index contributed by atoms with van der Waals surface area (Å²) in [5, 5.41) is 13.9. The van der Waals surface area contributed by atoms with E-state index in [1.807, 2.05) is 11.5 Å². The summed E-state index contributed by atoms with van der Waals surface area (Å²) < 4.78 is 15.7. The number of nitrogens with zero attached hydrogens (tertiary/aromatic N) is 1. The van der Waals surface area contributed by atoms with E-state index in [1.165, 1.54) is 6.07 Å². The summed E-state index contributed by atoms with van der Waals surface area (Å²) in [6.07, 6.45) is 3.15. The Kier molecular flexibility index (Phi) is 4.39. The Bertz CT molecular complexity index is 738. The number of halogens is 1. The quantitative estimate of drug-likeness (QED) is 0.889. The predicted octanol–water partition coefficient (Wildman–Crippen LogP) is 3.28. The smallest absolute Gasteiger partial charge is 0.326 e. The summed E-state index contributed by atoms with van der Waals surface area (Å²) in [5.74, 6) is -1.10. The molecule has 0 saturated carbocycles. The Labute approximate surface area is 135 Å². The standard InChI is InChI=1S/C18H23FN2O2/c1-3-15(18(22)23)21-16-7-5-11(19)9-13(16)14-10-12(20-4-2)6-8-17(14)21/h5,7,9,12,15,20H,3-4,6,8,10H2,1-2H3,(H,22,23)/t12-,15?/m0/s1. The van der Waals surface area contributed by atoms with E-state index in [9.17, 15) is 14.3 Å². The monoisotopic (exact) mass is 318 g/mol. The Hall–Kier alpha value is -1.88. The van der Waals surface area contributed by atoms with Gasteiger partial charge in [-0.2, -0.15) is 0 Å². The zero-order valence-electron chi connectivity index (χ0n) is 13.6. The summed E-state index contributed by atoms with van der Waals surface area (Å²) in [4.78, 5) is 11.7. The van der Waals surface area contributed by atoms with E-state index in [-0.39, 0.29) is 5.82 Å².